The molecule has 0 spiro atoms. The van der Waals surface area contributed by atoms with Gasteiger partial charge in [-0.2, -0.15) is 0 Å². The van der Waals surface area contributed by atoms with E-state index in [2.05, 4.69) is 4.98 Å². The van der Waals surface area contributed by atoms with Gasteiger partial charge in [-0.1, -0.05) is 19.1 Å². The van der Waals surface area contributed by atoms with Gasteiger partial charge in [0.2, 0.25) is 5.76 Å². The number of nitro benzene ring substituents is 1. The summed E-state index contributed by atoms with van der Waals surface area (Å²) in [5.41, 5.74) is 0.488. The fourth-order valence-corrected chi connectivity index (χ4v) is 4.21. The molecule has 158 valence electrons. The van der Waals surface area contributed by atoms with Gasteiger partial charge in [-0.05, 0) is 30.2 Å². The number of furan rings is 1. The van der Waals surface area contributed by atoms with Crippen LogP contribution in [0.5, 0.6) is 0 Å². The first kappa shape index (κ1) is 20.5. The molecule has 0 atom stereocenters. The summed E-state index contributed by atoms with van der Waals surface area (Å²) in [6.07, 6.45) is 1.05. The monoisotopic (exact) mass is 439 g/mol. The average Bonchev–Trinajstić information content (AvgIpc) is 3.38. The minimum Gasteiger partial charge on any atom is -0.475 e. The van der Waals surface area contributed by atoms with Crippen LogP contribution in [0.15, 0.2) is 51.7 Å². The highest BCUT2D eigenvalue weighted by molar-refractivity contribution is 7.18. The molecular weight excluding hydrogens is 422 g/mol. The Balaban J connectivity index is 1.78. The van der Waals surface area contributed by atoms with E-state index >= 15 is 0 Å². The molecule has 3 heterocycles. The zero-order valence-corrected chi connectivity index (χ0v) is 17.2. The number of aromatic carboxylic acids is 1. The number of nitrogens with zero attached hydrogens (tertiary/aromatic N) is 3. The molecule has 10 heteroatoms. The predicted molar refractivity (Wildman–Crippen MR) is 114 cm³/mol. The van der Waals surface area contributed by atoms with Gasteiger partial charge >= 0.3 is 5.97 Å². The Hall–Kier alpha value is -3.79. The van der Waals surface area contributed by atoms with Crippen LogP contribution in [0.4, 0.5) is 5.69 Å². The van der Waals surface area contributed by atoms with Crippen LogP contribution in [0.25, 0.3) is 10.2 Å². The van der Waals surface area contributed by atoms with E-state index in [1.165, 1.54) is 40.2 Å². The Morgan fingerprint density at radius 1 is 1.26 bits per heavy atom. The lowest BCUT2D eigenvalue weighted by molar-refractivity contribution is -0.384. The summed E-state index contributed by atoms with van der Waals surface area (Å²) in [6.45, 7) is 2.02. The van der Waals surface area contributed by atoms with Gasteiger partial charge in [0.15, 0.2) is 0 Å². The Morgan fingerprint density at radius 3 is 2.61 bits per heavy atom. The summed E-state index contributed by atoms with van der Waals surface area (Å²) in [5, 5.41) is 20.5. The van der Waals surface area contributed by atoms with E-state index in [1.54, 1.807) is 12.1 Å². The van der Waals surface area contributed by atoms with Gasteiger partial charge in [0, 0.05) is 23.4 Å². The number of aromatic nitrogens is 2. The smallest absolute Gasteiger partial charge is 0.371 e. The highest BCUT2D eigenvalue weighted by atomic mass is 32.1. The highest BCUT2D eigenvalue weighted by Crippen LogP contribution is 2.24. The van der Waals surface area contributed by atoms with Crippen LogP contribution >= 0.6 is 11.3 Å². The van der Waals surface area contributed by atoms with Crippen LogP contribution in [0.1, 0.15) is 39.5 Å². The van der Waals surface area contributed by atoms with E-state index in [9.17, 15) is 19.7 Å². The van der Waals surface area contributed by atoms with Gasteiger partial charge in [-0.25, -0.2) is 9.78 Å². The lowest BCUT2D eigenvalue weighted by Crippen LogP contribution is -2.25. The third-order valence-corrected chi connectivity index (χ3v) is 6.00. The third-order valence-electron chi connectivity index (χ3n) is 4.83. The second kappa shape index (κ2) is 8.15. The molecule has 0 fully saturated rings. The van der Waals surface area contributed by atoms with Crippen molar-refractivity contribution < 1.29 is 19.2 Å². The number of carboxylic acid groups (broad SMARTS) is 1. The van der Waals surface area contributed by atoms with Crippen molar-refractivity contribution in [1.82, 2.24) is 9.55 Å². The number of carboxylic acids is 1. The largest absolute Gasteiger partial charge is 0.475 e. The molecule has 0 radical (unpaired) electrons. The van der Waals surface area contributed by atoms with Crippen LogP contribution in [0.2, 0.25) is 0 Å². The van der Waals surface area contributed by atoms with Crippen molar-refractivity contribution in [2.45, 2.75) is 26.3 Å². The van der Waals surface area contributed by atoms with Gasteiger partial charge in [0.05, 0.1) is 16.9 Å². The molecule has 0 aliphatic carbocycles. The molecule has 3 aromatic heterocycles. The fourth-order valence-electron chi connectivity index (χ4n) is 3.23. The van der Waals surface area contributed by atoms with Crippen LogP contribution in [0.3, 0.4) is 0 Å². The maximum Gasteiger partial charge on any atom is 0.371 e. The SMILES string of the molecule is CCc1cc2c(=O)n(Cc3ccc(C(=O)O)o3)c(Cc3ccc([N+](=O)[O-])cc3)nc2s1. The van der Waals surface area contributed by atoms with Crippen molar-refractivity contribution in [3.63, 3.8) is 0 Å². The van der Waals surface area contributed by atoms with E-state index < -0.39 is 10.9 Å². The van der Waals surface area contributed by atoms with Gasteiger partial charge in [0.25, 0.3) is 11.2 Å². The Morgan fingerprint density at radius 2 is 2.00 bits per heavy atom. The summed E-state index contributed by atoms with van der Waals surface area (Å²) in [7, 11) is 0. The first-order chi connectivity index (χ1) is 14.9. The van der Waals surface area contributed by atoms with Crippen molar-refractivity contribution >= 4 is 33.2 Å². The minimum absolute atomic E-state index is 0.0211. The lowest BCUT2D eigenvalue weighted by atomic mass is 10.1. The van der Waals surface area contributed by atoms with Crippen LogP contribution in [-0.2, 0) is 19.4 Å². The average molecular weight is 439 g/mol. The summed E-state index contributed by atoms with van der Waals surface area (Å²) in [4.78, 5) is 41.1. The van der Waals surface area contributed by atoms with Crippen molar-refractivity contribution in [1.29, 1.82) is 0 Å². The summed E-state index contributed by atoms with van der Waals surface area (Å²) in [6, 6.07) is 10.7. The number of nitro groups is 1. The second-order valence-electron chi connectivity index (χ2n) is 6.88. The second-order valence-corrected chi connectivity index (χ2v) is 7.99. The number of aryl methyl sites for hydroxylation is 1. The molecule has 0 amide bonds. The summed E-state index contributed by atoms with van der Waals surface area (Å²) in [5.74, 6) is -0.623. The molecular formula is C21H17N3O6S. The van der Waals surface area contributed by atoms with Gasteiger partial charge in [0.1, 0.15) is 16.4 Å². The third kappa shape index (κ3) is 4.10. The number of non-ortho nitro benzene ring substituents is 1. The first-order valence-corrected chi connectivity index (χ1v) is 10.2. The number of thiophene rings is 1. The number of hydrogen-bond donors (Lipinski definition) is 1. The molecule has 0 saturated heterocycles. The molecule has 4 rings (SSSR count). The van der Waals surface area contributed by atoms with Crippen molar-refractivity contribution in [3.05, 3.63) is 90.7 Å². The van der Waals surface area contributed by atoms with E-state index in [0.717, 1.165) is 16.9 Å². The molecule has 0 bridgehead atoms. The van der Waals surface area contributed by atoms with Gasteiger partial charge < -0.3 is 9.52 Å². The number of hydrogen-bond acceptors (Lipinski definition) is 7. The van der Waals surface area contributed by atoms with Crippen LogP contribution in [0, 0.1) is 10.1 Å². The van der Waals surface area contributed by atoms with Crippen molar-refractivity contribution in [2.24, 2.45) is 0 Å². The normalized spacial score (nSPS) is 11.1. The van der Waals surface area contributed by atoms with Crippen molar-refractivity contribution in [3.8, 4) is 0 Å². The predicted octanol–water partition coefficient (Wildman–Crippen LogP) is 3.86. The van der Waals surface area contributed by atoms with Crippen molar-refractivity contribution in [2.75, 3.05) is 0 Å². The summed E-state index contributed by atoms with van der Waals surface area (Å²) >= 11 is 1.45. The Bertz CT molecular complexity index is 1350. The maximum absolute atomic E-state index is 13.2. The molecule has 0 unspecified atom stereocenters. The van der Waals surface area contributed by atoms with Gasteiger partial charge in [-0.15, -0.1) is 11.3 Å². The molecule has 0 saturated carbocycles. The Labute approximate surface area is 179 Å². The molecule has 9 nitrogen and oxygen atoms in total. The quantitative estimate of drug-likeness (QED) is 0.342. The van der Waals surface area contributed by atoms with E-state index in [4.69, 9.17) is 9.52 Å². The van der Waals surface area contributed by atoms with Crippen LogP contribution in [-0.4, -0.2) is 25.6 Å². The zero-order chi connectivity index (χ0) is 22.1. The van der Waals surface area contributed by atoms with E-state index in [1.807, 2.05) is 13.0 Å². The molecule has 1 N–H and O–H groups in total. The molecule has 1 aromatic carbocycles. The van der Waals surface area contributed by atoms with Gasteiger partial charge in [-0.3, -0.25) is 19.5 Å². The number of rotatable bonds is 7. The number of carbonyl (C=O) groups is 1. The molecule has 0 aliphatic heterocycles. The molecule has 0 aliphatic rings. The molecule has 4 aromatic rings. The minimum atomic E-state index is -1.19. The summed E-state index contributed by atoms with van der Waals surface area (Å²) < 4.78 is 6.79. The Kier molecular flexibility index (Phi) is 5.38. The standard InChI is InChI=1S/C21H17N3O6S/c1-2-15-10-16-19(31-15)22-18(9-12-3-5-13(6-4-12)24(28)29)23(20(16)25)11-14-7-8-17(30-14)21(26)27/h3-8,10H,2,9,11H2,1H3,(H,26,27). The van der Waals surface area contributed by atoms with E-state index in [0.29, 0.717) is 21.8 Å². The number of fused-ring (bicyclic) bond motifs is 1. The number of benzene rings is 1. The highest BCUT2D eigenvalue weighted by Gasteiger charge is 2.17. The molecule has 31 heavy (non-hydrogen) atoms. The topological polar surface area (TPSA) is 128 Å². The van der Waals surface area contributed by atoms with E-state index in [-0.39, 0.29) is 30.0 Å². The zero-order valence-electron chi connectivity index (χ0n) is 16.4. The lowest BCUT2D eigenvalue weighted by Gasteiger charge is -2.11. The first-order valence-electron chi connectivity index (χ1n) is 9.43. The fraction of sp³-hybridized carbons (Fsp3) is 0.190. The maximum atomic E-state index is 13.2. The van der Waals surface area contributed by atoms with Crippen LogP contribution < -0.4 is 5.56 Å².